The zero-order chi connectivity index (χ0) is 12.8. The van der Waals surface area contributed by atoms with E-state index in [2.05, 4.69) is 5.32 Å². The van der Waals surface area contributed by atoms with Crippen LogP contribution in [0.2, 0.25) is 0 Å². The van der Waals surface area contributed by atoms with E-state index in [1.807, 2.05) is 12.1 Å². The summed E-state index contributed by atoms with van der Waals surface area (Å²) in [5, 5.41) is 3.23. The van der Waals surface area contributed by atoms with Gasteiger partial charge in [-0.25, -0.2) is 0 Å². The van der Waals surface area contributed by atoms with Gasteiger partial charge in [0.25, 0.3) is 0 Å². The van der Waals surface area contributed by atoms with Crippen LogP contribution in [0, 0.1) is 0 Å². The molecule has 5 nitrogen and oxygen atoms in total. The van der Waals surface area contributed by atoms with Crippen LogP contribution in [0.25, 0.3) is 0 Å². The molecule has 2 rings (SSSR count). The third-order valence-electron chi connectivity index (χ3n) is 2.85. The van der Waals surface area contributed by atoms with Gasteiger partial charge in [-0.2, -0.15) is 0 Å². The number of benzene rings is 1. The van der Waals surface area contributed by atoms with Gasteiger partial charge in [0.2, 0.25) is 5.91 Å². The van der Waals surface area contributed by atoms with Gasteiger partial charge in [-0.3, -0.25) is 4.79 Å². The zero-order valence-electron chi connectivity index (χ0n) is 10.2. The second kappa shape index (κ2) is 6.49. The predicted molar refractivity (Wildman–Crippen MR) is 67.2 cm³/mol. The summed E-state index contributed by atoms with van der Waals surface area (Å²) in [6.07, 6.45) is 0.0829. The quantitative estimate of drug-likeness (QED) is 0.788. The number of carbonyl (C=O) groups excluding carboxylic acids is 1. The molecule has 1 aromatic rings. The fraction of sp³-hybridized carbons (Fsp3) is 0.462. The summed E-state index contributed by atoms with van der Waals surface area (Å²) in [4.78, 5) is 11.2. The van der Waals surface area contributed by atoms with E-state index in [0.29, 0.717) is 25.4 Å². The average Bonchev–Trinajstić information content (AvgIpc) is 2.40. The number of morpholine rings is 1. The fourth-order valence-corrected chi connectivity index (χ4v) is 1.91. The maximum Gasteiger partial charge on any atom is 0.249 e. The van der Waals surface area contributed by atoms with Crippen molar-refractivity contribution in [3.8, 4) is 0 Å². The van der Waals surface area contributed by atoms with Crippen LogP contribution < -0.4 is 11.1 Å². The minimum Gasteiger partial charge on any atom is -0.374 e. The molecule has 1 amide bonds. The van der Waals surface area contributed by atoms with Gasteiger partial charge in [0.1, 0.15) is 0 Å². The standard InChI is InChI=1S/C13H18N2O3/c14-13(16)12-4-2-1-3-10(12)8-17-9-11-7-15-5-6-18-11/h1-4,11,15H,5-9H2,(H2,14,16). The molecule has 18 heavy (non-hydrogen) atoms. The molecule has 1 aliphatic rings. The molecule has 1 unspecified atom stereocenters. The Morgan fingerprint density at radius 3 is 3.06 bits per heavy atom. The fourth-order valence-electron chi connectivity index (χ4n) is 1.91. The molecule has 5 heteroatoms. The van der Waals surface area contributed by atoms with Crippen molar-refractivity contribution in [1.29, 1.82) is 0 Å². The van der Waals surface area contributed by atoms with Gasteiger partial charge < -0.3 is 20.5 Å². The van der Waals surface area contributed by atoms with E-state index in [9.17, 15) is 4.79 Å². The zero-order valence-corrected chi connectivity index (χ0v) is 10.2. The van der Waals surface area contributed by atoms with Crippen molar-refractivity contribution in [3.05, 3.63) is 35.4 Å². The Morgan fingerprint density at radius 1 is 1.50 bits per heavy atom. The first-order chi connectivity index (χ1) is 8.77. The van der Waals surface area contributed by atoms with Crippen LogP contribution >= 0.6 is 0 Å². The highest BCUT2D eigenvalue weighted by Gasteiger charge is 2.14. The predicted octanol–water partition coefficient (Wildman–Crippen LogP) is 0.291. The monoisotopic (exact) mass is 250 g/mol. The van der Waals surface area contributed by atoms with Crippen molar-refractivity contribution in [3.63, 3.8) is 0 Å². The van der Waals surface area contributed by atoms with E-state index in [0.717, 1.165) is 18.7 Å². The summed E-state index contributed by atoms with van der Waals surface area (Å²) in [5.74, 6) is -0.426. The van der Waals surface area contributed by atoms with Gasteiger partial charge >= 0.3 is 0 Å². The second-order valence-corrected chi connectivity index (χ2v) is 4.23. The van der Waals surface area contributed by atoms with Gasteiger partial charge in [0.15, 0.2) is 0 Å². The number of amides is 1. The van der Waals surface area contributed by atoms with Crippen LogP contribution in [0.15, 0.2) is 24.3 Å². The van der Waals surface area contributed by atoms with Crippen molar-refractivity contribution in [2.24, 2.45) is 5.73 Å². The van der Waals surface area contributed by atoms with Gasteiger partial charge in [0, 0.05) is 18.7 Å². The number of hydrogen-bond acceptors (Lipinski definition) is 4. The molecule has 3 N–H and O–H groups in total. The molecule has 1 atom stereocenters. The van der Waals surface area contributed by atoms with Crippen molar-refractivity contribution in [2.45, 2.75) is 12.7 Å². The molecular weight excluding hydrogens is 232 g/mol. The average molecular weight is 250 g/mol. The molecule has 98 valence electrons. The Kier molecular flexibility index (Phi) is 4.69. The first-order valence-corrected chi connectivity index (χ1v) is 6.05. The summed E-state index contributed by atoms with van der Waals surface area (Å²) in [5.41, 5.74) is 6.63. The number of carbonyl (C=O) groups is 1. The summed E-state index contributed by atoms with van der Waals surface area (Å²) >= 11 is 0. The molecule has 0 radical (unpaired) electrons. The van der Waals surface area contributed by atoms with Gasteiger partial charge in [-0.1, -0.05) is 18.2 Å². The van der Waals surface area contributed by atoms with Crippen molar-refractivity contribution < 1.29 is 14.3 Å². The maximum absolute atomic E-state index is 11.2. The summed E-state index contributed by atoms with van der Waals surface area (Å²) in [6, 6.07) is 7.21. The van der Waals surface area contributed by atoms with Crippen LogP contribution in [-0.2, 0) is 16.1 Å². The molecule has 1 fully saturated rings. The van der Waals surface area contributed by atoms with E-state index in [1.165, 1.54) is 0 Å². The van der Waals surface area contributed by atoms with Crippen LogP contribution in [-0.4, -0.2) is 38.3 Å². The van der Waals surface area contributed by atoms with E-state index in [-0.39, 0.29) is 6.10 Å². The number of ether oxygens (including phenoxy) is 2. The lowest BCUT2D eigenvalue weighted by Gasteiger charge is -2.23. The maximum atomic E-state index is 11.2. The molecule has 0 aromatic heterocycles. The number of rotatable bonds is 5. The first kappa shape index (κ1) is 13.0. The van der Waals surface area contributed by atoms with Crippen LogP contribution in [0.1, 0.15) is 15.9 Å². The molecule has 1 aromatic carbocycles. The molecule has 1 heterocycles. The Hall–Kier alpha value is -1.43. The third kappa shape index (κ3) is 3.53. The molecule has 0 saturated carbocycles. The summed E-state index contributed by atoms with van der Waals surface area (Å²) < 4.78 is 11.1. The molecule has 1 saturated heterocycles. The Morgan fingerprint density at radius 2 is 2.33 bits per heavy atom. The lowest BCUT2D eigenvalue weighted by Crippen LogP contribution is -2.41. The highest BCUT2D eigenvalue weighted by Crippen LogP contribution is 2.10. The number of nitrogens with one attached hydrogen (secondary N) is 1. The molecule has 1 aliphatic heterocycles. The molecule has 0 spiro atoms. The molecule has 0 bridgehead atoms. The third-order valence-corrected chi connectivity index (χ3v) is 2.85. The molecule has 0 aliphatic carbocycles. The van der Waals surface area contributed by atoms with Crippen LogP contribution in [0.4, 0.5) is 0 Å². The van der Waals surface area contributed by atoms with Crippen LogP contribution in [0.3, 0.4) is 0 Å². The topological polar surface area (TPSA) is 73.6 Å². The Bertz CT molecular complexity index is 403. The van der Waals surface area contributed by atoms with Crippen LogP contribution in [0.5, 0.6) is 0 Å². The second-order valence-electron chi connectivity index (χ2n) is 4.23. The minimum atomic E-state index is -0.426. The van der Waals surface area contributed by atoms with Gasteiger partial charge in [0.05, 0.1) is 25.9 Å². The normalized spacial score (nSPS) is 19.7. The number of primary amides is 1. The molecular formula is C13H18N2O3. The number of hydrogen-bond donors (Lipinski definition) is 2. The van der Waals surface area contributed by atoms with E-state index in [1.54, 1.807) is 12.1 Å². The van der Waals surface area contributed by atoms with E-state index >= 15 is 0 Å². The Balaban J connectivity index is 1.84. The first-order valence-electron chi connectivity index (χ1n) is 6.05. The van der Waals surface area contributed by atoms with Gasteiger partial charge in [-0.15, -0.1) is 0 Å². The smallest absolute Gasteiger partial charge is 0.249 e. The van der Waals surface area contributed by atoms with Crippen molar-refractivity contribution in [1.82, 2.24) is 5.32 Å². The van der Waals surface area contributed by atoms with E-state index < -0.39 is 5.91 Å². The summed E-state index contributed by atoms with van der Waals surface area (Å²) in [6.45, 7) is 3.30. The highest BCUT2D eigenvalue weighted by atomic mass is 16.5. The number of nitrogens with two attached hydrogens (primary N) is 1. The largest absolute Gasteiger partial charge is 0.374 e. The van der Waals surface area contributed by atoms with Crippen molar-refractivity contribution in [2.75, 3.05) is 26.3 Å². The highest BCUT2D eigenvalue weighted by molar-refractivity contribution is 5.94. The SMILES string of the molecule is NC(=O)c1ccccc1COCC1CNCCO1. The lowest BCUT2D eigenvalue weighted by molar-refractivity contribution is -0.0358. The summed E-state index contributed by atoms with van der Waals surface area (Å²) in [7, 11) is 0. The van der Waals surface area contributed by atoms with E-state index in [4.69, 9.17) is 15.2 Å². The van der Waals surface area contributed by atoms with Crippen molar-refractivity contribution >= 4 is 5.91 Å². The lowest BCUT2D eigenvalue weighted by atomic mass is 10.1. The Labute approximate surface area is 106 Å². The van der Waals surface area contributed by atoms with Gasteiger partial charge in [-0.05, 0) is 11.6 Å². The minimum absolute atomic E-state index is 0.0829.